The van der Waals surface area contributed by atoms with Gasteiger partial charge in [0, 0.05) is 0 Å². The molecule has 0 aliphatic carbocycles. The van der Waals surface area contributed by atoms with Gasteiger partial charge in [-0.25, -0.2) is 4.79 Å². The van der Waals surface area contributed by atoms with E-state index in [9.17, 15) is 14.3 Å². The summed E-state index contributed by atoms with van der Waals surface area (Å²) in [5.74, 6) is -1.03. The smallest absolute Gasteiger partial charge is 0.408 e. The normalized spacial score (nSPS) is 15.4. The highest BCUT2D eigenvalue weighted by Gasteiger charge is 2.31. The predicted octanol–water partition coefficient (Wildman–Crippen LogP) is 2.87. The lowest BCUT2D eigenvalue weighted by Gasteiger charge is -2.21. The molecule has 0 aliphatic rings. The summed E-state index contributed by atoms with van der Waals surface area (Å²) in [5, 5.41) is 2.30. The summed E-state index contributed by atoms with van der Waals surface area (Å²) < 4.78 is 21.7. The molecule has 1 unspecified atom stereocenters. The number of hydrogen-bond acceptors (Lipinski definition) is 4. The maximum atomic E-state index is 11.8. The first kappa shape index (κ1) is 16.7. The van der Waals surface area contributed by atoms with Crippen molar-refractivity contribution < 1.29 is 23.5 Å². The van der Waals surface area contributed by atoms with Gasteiger partial charge in [-0.15, -0.1) is 0 Å². The van der Waals surface area contributed by atoms with Gasteiger partial charge < -0.3 is 19.5 Å². The Morgan fingerprint density at radius 1 is 1.30 bits per heavy atom. The molecule has 0 saturated heterocycles. The van der Waals surface area contributed by atoms with Gasteiger partial charge in [-0.1, -0.05) is 30.3 Å². The van der Waals surface area contributed by atoms with Gasteiger partial charge in [0.1, 0.15) is 12.4 Å². The Morgan fingerprint density at radius 2 is 1.90 bits per heavy atom. The van der Waals surface area contributed by atoms with Crippen molar-refractivity contribution in [1.82, 2.24) is 5.32 Å². The van der Waals surface area contributed by atoms with E-state index in [2.05, 4.69) is 5.32 Å². The number of benzene rings is 1. The van der Waals surface area contributed by atoms with Crippen molar-refractivity contribution in [3.63, 3.8) is 0 Å². The Hall–Kier alpha value is -1.36. The fourth-order valence-corrected chi connectivity index (χ4v) is 2.47. The van der Waals surface area contributed by atoms with Crippen LogP contribution in [0.4, 0.5) is 4.79 Å². The van der Waals surface area contributed by atoms with E-state index in [-0.39, 0.29) is 6.61 Å². The average molecular weight is 301 g/mol. The molecule has 0 fully saturated rings. The van der Waals surface area contributed by atoms with E-state index >= 15 is 0 Å². The van der Waals surface area contributed by atoms with Crippen LogP contribution < -0.4 is 5.32 Å². The monoisotopic (exact) mass is 301 g/mol. The van der Waals surface area contributed by atoms with Gasteiger partial charge >= 0.3 is 13.7 Å². The number of carbonyl (C=O) groups excluding carboxylic acids is 1. The van der Waals surface area contributed by atoms with Gasteiger partial charge in [0.2, 0.25) is 0 Å². The molecule has 0 aliphatic heterocycles. The van der Waals surface area contributed by atoms with Crippen molar-refractivity contribution in [3.8, 4) is 0 Å². The van der Waals surface area contributed by atoms with Crippen LogP contribution in [0.15, 0.2) is 30.3 Å². The number of amides is 1. The molecule has 0 heterocycles. The lowest BCUT2D eigenvalue weighted by Crippen LogP contribution is -2.33. The zero-order chi connectivity index (χ0) is 15.2. The molecule has 2 atom stereocenters. The first-order valence-corrected chi connectivity index (χ1v) is 7.94. The van der Waals surface area contributed by atoms with Crippen LogP contribution in [0.25, 0.3) is 0 Å². The number of alkyl carbamates (subject to hydrolysis) is 1. The SMILES string of the molecule is CC(C)OP(=O)(O)[C@H](C)NC(=O)OCc1ccccc1. The summed E-state index contributed by atoms with van der Waals surface area (Å²) in [6, 6.07) is 9.15. The van der Waals surface area contributed by atoms with Gasteiger partial charge in [0.25, 0.3) is 0 Å². The molecule has 0 radical (unpaired) electrons. The molecule has 2 N–H and O–H groups in total. The maximum absolute atomic E-state index is 11.8. The minimum Gasteiger partial charge on any atom is -0.445 e. The predicted molar refractivity (Wildman–Crippen MR) is 75.3 cm³/mol. The summed E-state index contributed by atoms with van der Waals surface area (Å²) in [6.07, 6.45) is -1.17. The minimum atomic E-state index is -3.90. The first-order chi connectivity index (χ1) is 9.31. The minimum absolute atomic E-state index is 0.0974. The topological polar surface area (TPSA) is 84.9 Å². The van der Waals surface area contributed by atoms with Crippen LogP contribution in [0.2, 0.25) is 0 Å². The number of nitrogens with one attached hydrogen (secondary N) is 1. The number of rotatable bonds is 6. The van der Waals surface area contributed by atoms with Gasteiger partial charge in [0.15, 0.2) is 0 Å². The lowest BCUT2D eigenvalue weighted by molar-refractivity contribution is 0.135. The second-order valence-electron chi connectivity index (χ2n) is 4.60. The zero-order valence-corrected chi connectivity index (χ0v) is 12.7. The van der Waals surface area contributed by atoms with Crippen molar-refractivity contribution in [3.05, 3.63) is 35.9 Å². The third kappa shape index (κ3) is 5.74. The molecule has 0 bridgehead atoms. The quantitative estimate of drug-likeness (QED) is 0.789. The fourth-order valence-electron chi connectivity index (χ4n) is 1.41. The lowest BCUT2D eigenvalue weighted by atomic mass is 10.2. The summed E-state index contributed by atoms with van der Waals surface area (Å²) in [5.41, 5.74) is 0.834. The third-order valence-electron chi connectivity index (χ3n) is 2.39. The van der Waals surface area contributed by atoms with Crippen LogP contribution in [-0.4, -0.2) is 22.9 Å². The maximum Gasteiger partial charge on any atom is 0.408 e. The van der Waals surface area contributed by atoms with Crippen molar-refractivity contribution in [2.24, 2.45) is 0 Å². The molecule has 7 heteroatoms. The van der Waals surface area contributed by atoms with E-state index in [0.717, 1.165) is 5.56 Å². The molecule has 1 rings (SSSR count). The number of hydrogen-bond donors (Lipinski definition) is 2. The van der Waals surface area contributed by atoms with Gasteiger partial charge in [-0.2, -0.15) is 0 Å². The van der Waals surface area contributed by atoms with Gasteiger partial charge in [-0.3, -0.25) is 4.57 Å². The summed E-state index contributed by atoms with van der Waals surface area (Å²) in [7, 11) is -3.90. The highest BCUT2D eigenvalue weighted by molar-refractivity contribution is 7.53. The molecule has 6 nitrogen and oxygen atoms in total. The molecule has 0 aromatic heterocycles. The van der Waals surface area contributed by atoms with E-state index in [1.807, 2.05) is 30.3 Å². The Labute approximate surface area is 118 Å². The third-order valence-corrected chi connectivity index (χ3v) is 4.22. The van der Waals surface area contributed by atoms with Crippen LogP contribution in [0.3, 0.4) is 0 Å². The van der Waals surface area contributed by atoms with Gasteiger partial charge in [0.05, 0.1) is 6.10 Å². The molecule has 0 saturated carbocycles. The van der Waals surface area contributed by atoms with E-state index < -0.39 is 25.6 Å². The first-order valence-electron chi connectivity index (χ1n) is 6.29. The van der Waals surface area contributed by atoms with Crippen LogP contribution in [-0.2, 0) is 20.4 Å². The second kappa shape index (κ2) is 7.43. The van der Waals surface area contributed by atoms with E-state index in [0.29, 0.717) is 0 Å². The van der Waals surface area contributed by atoms with Crippen molar-refractivity contribution in [2.45, 2.75) is 39.3 Å². The molecule has 1 aromatic rings. The number of ether oxygens (including phenoxy) is 1. The van der Waals surface area contributed by atoms with Crippen LogP contribution >= 0.6 is 7.60 Å². The molecular weight excluding hydrogens is 281 g/mol. The largest absolute Gasteiger partial charge is 0.445 e. The van der Waals surface area contributed by atoms with E-state index in [1.54, 1.807) is 13.8 Å². The van der Waals surface area contributed by atoms with E-state index in [4.69, 9.17) is 9.26 Å². The van der Waals surface area contributed by atoms with Crippen molar-refractivity contribution in [2.75, 3.05) is 0 Å². The molecular formula is C13H20NO5P. The molecule has 0 spiro atoms. The Bertz CT molecular complexity index is 477. The summed E-state index contributed by atoms with van der Waals surface area (Å²) in [6.45, 7) is 4.78. The molecule has 1 amide bonds. The van der Waals surface area contributed by atoms with Crippen molar-refractivity contribution in [1.29, 1.82) is 0 Å². The standard InChI is InChI=1S/C13H20NO5P/c1-10(2)19-20(16,17)11(3)14-13(15)18-9-12-7-5-4-6-8-12/h4-8,10-11H,9H2,1-3H3,(H,14,15)(H,16,17)/t11-/m1/s1. The van der Waals surface area contributed by atoms with Crippen LogP contribution in [0.1, 0.15) is 26.3 Å². The highest BCUT2D eigenvalue weighted by Crippen LogP contribution is 2.47. The number of carbonyl (C=O) groups is 1. The second-order valence-corrected chi connectivity index (χ2v) is 6.71. The molecule has 20 heavy (non-hydrogen) atoms. The Morgan fingerprint density at radius 3 is 2.45 bits per heavy atom. The highest BCUT2D eigenvalue weighted by atomic mass is 31.2. The van der Waals surface area contributed by atoms with Crippen LogP contribution in [0, 0.1) is 0 Å². The Kier molecular flexibility index (Phi) is 6.20. The average Bonchev–Trinajstić information content (AvgIpc) is 2.36. The molecule has 112 valence electrons. The summed E-state index contributed by atoms with van der Waals surface area (Å²) in [4.78, 5) is 21.2. The van der Waals surface area contributed by atoms with E-state index in [1.165, 1.54) is 6.92 Å². The Balaban J connectivity index is 2.44. The molecule has 1 aromatic carbocycles. The summed E-state index contributed by atoms with van der Waals surface area (Å²) >= 11 is 0. The zero-order valence-electron chi connectivity index (χ0n) is 11.8. The van der Waals surface area contributed by atoms with Crippen LogP contribution in [0.5, 0.6) is 0 Å². The fraction of sp³-hybridized carbons (Fsp3) is 0.462. The van der Waals surface area contributed by atoms with Gasteiger partial charge in [-0.05, 0) is 26.3 Å². The van der Waals surface area contributed by atoms with Crippen molar-refractivity contribution >= 4 is 13.7 Å².